The second-order valence-corrected chi connectivity index (χ2v) is 16.3. The van der Waals surface area contributed by atoms with Crippen molar-refractivity contribution < 1.29 is 43.3 Å². The van der Waals surface area contributed by atoms with Crippen LogP contribution in [0.3, 0.4) is 0 Å². The Morgan fingerprint density at radius 3 is 1.34 bits per heavy atom. The number of nitrogens with one attached hydrogen (secondary N) is 5. The molecule has 0 spiro atoms. The van der Waals surface area contributed by atoms with Crippen LogP contribution in [0.2, 0.25) is 0 Å². The smallest absolute Gasteiger partial charge is 0.240 e. The Balaban J connectivity index is 1.93. The van der Waals surface area contributed by atoms with Gasteiger partial charge in [0.25, 0.3) is 0 Å². The SMILES string of the molecule is CC(C)[C@H](NOC(C)(C)C)C(=O)N[C@@H](Cc1ccccc1)C(=O)C(=O)C1=CNOC=C1C(=O)C(=O)[C@H](Cc1ccccc1)NC(=O)[C@@H](NOC(C)(C)C)C(C)C. The molecule has 3 rings (SSSR count). The number of allylic oxidation sites excluding steroid dienone is 2. The predicted molar refractivity (Wildman–Crippen MR) is 210 cm³/mol. The Labute approximate surface area is 329 Å². The standard InChI is InChI=1S/C42H57N5O9/c1-25(2)33(46-55-41(5,6)7)39(52)44-31(21-27-17-13-11-14-18-27)37(50)35(48)29-23-43-54-24-30(29)36(49)38(51)32(22-28-19-15-12-16-20-28)45-40(53)34(26(3)4)47-56-42(8,9)10/h11-20,23-26,31-34,43,46-47H,21-22H2,1-10H3,(H,44,52)(H,45,53)/t31-,32-,33-,34-/m0/s1. The minimum absolute atomic E-state index is 0.0552. The second-order valence-electron chi connectivity index (χ2n) is 16.3. The maximum absolute atomic E-state index is 14.1. The zero-order valence-corrected chi connectivity index (χ0v) is 34.0. The van der Waals surface area contributed by atoms with Gasteiger partial charge in [0.2, 0.25) is 34.9 Å². The van der Waals surface area contributed by atoms with Crippen LogP contribution >= 0.6 is 0 Å². The first-order valence-electron chi connectivity index (χ1n) is 18.7. The van der Waals surface area contributed by atoms with E-state index in [0.717, 1.165) is 12.5 Å². The molecule has 0 aromatic heterocycles. The molecular weight excluding hydrogens is 718 g/mol. The molecule has 2 aromatic rings. The highest BCUT2D eigenvalue weighted by molar-refractivity contribution is 6.53. The average Bonchev–Trinajstić information content (AvgIpc) is 3.12. The number of carbonyl (C=O) groups excluding carboxylic acids is 6. The lowest BCUT2D eigenvalue weighted by Crippen LogP contribution is -2.55. The van der Waals surface area contributed by atoms with Crippen molar-refractivity contribution in [1.82, 2.24) is 27.1 Å². The molecule has 0 fully saturated rings. The summed E-state index contributed by atoms with van der Waals surface area (Å²) in [5.41, 5.74) is 7.02. The van der Waals surface area contributed by atoms with Crippen LogP contribution in [0.1, 0.15) is 80.4 Å². The van der Waals surface area contributed by atoms with Crippen LogP contribution in [-0.4, -0.2) is 70.3 Å². The Morgan fingerprint density at radius 1 is 0.607 bits per heavy atom. The van der Waals surface area contributed by atoms with Crippen molar-refractivity contribution >= 4 is 34.9 Å². The summed E-state index contributed by atoms with van der Waals surface area (Å²) in [6.07, 6.45) is 1.76. The molecule has 56 heavy (non-hydrogen) atoms. The third-order valence-electron chi connectivity index (χ3n) is 8.39. The van der Waals surface area contributed by atoms with E-state index in [0.29, 0.717) is 11.1 Å². The van der Waals surface area contributed by atoms with Gasteiger partial charge in [-0.3, -0.25) is 38.4 Å². The van der Waals surface area contributed by atoms with Crippen molar-refractivity contribution in [3.05, 3.63) is 95.4 Å². The summed E-state index contributed by atoms with van der Waals surface area (Å²) in [5.74, 6) is -6.15. The Hall–Kier alpha value is -5.02. The first-order chi connectivity index (χ1) is 26.2. The monoisotopic (exact) mass is 775 g/mol. The molecule has 304 valence electrons. The van der Waals surface area contributed by atoms with Crippen molar-refractivity contribution in [1.29, 1.82) is 0 Å². The van der Waals surface area contributed by atoms with Gasteiger partial charge in [0, 0.05) is 19.0 Å². The van der Waals surface area contributed by atoms with Crippen LogP contribution in [0.5, 0.6) is 0 Å². The Morgan fingerprint density at radius 2 is 0.982 bits per heavy atom. The van der Waals surface area contributed by atoms with Crippen LogP contribution in [0.25, 0.3) is 0 Å². The lowest BCUT2D eigenvalue weighted by atomic mass is 9.88. The molecule has 1 heterocycles. The van der Waals surface area contributed by atoms with Gasteiger partial charge in [-0.15, -0.1) is 0 Å². The van der Waals surface area contributed by atoms with E-state index in [2.05, 4.69) is 27.1 Å². The van der Waals surface area contributed by atoms with Crippen LogP contribution in [0.15, 0.2) is 84.3 Å². The topological polar surface area (TPSA) is 190 Å². The first-order valence-corrected chi connectivity index (χ1v) is 18.7. The van der Waals surface area contributed by atoms with Crippen molar-refractivity contribution in [3.8, 4) is 0 Å². The number of carbonyl (C=O) groups is 6. The molecule has 1 aliphatic heterocycles. The number of benzene rings is 2. The van der Waals surface area contributed by atoms with E-state index in [1.807, 2.05) is 41.5 Å². The Kier molecular flexibility index (Phi) is 16.4. The molecule has 1 aliphatic rings. The summed E-state index contributed by atoms with van der Waals surface area (Å²) in [5, 5.41) is 5.42. The zero-order valence-electron chi connectivity index (χ0n) is 34.0. The molecule has 5 N–H and O–H groups in total. The fraction of sp³-hybridized carbons (Fsp3) is 0.476. The summed E-state index contributed by atoms with van der Waals surface area (Å²) < 4.78 is 0. The average molecular weight is 776 g/mol. The highest BCUT2D eigenvalue weighted by Crippen LogP contribution is 2.20. The van der Waals surface area contributed by atoms with Gasteiger partial charge in [-0.1, -0.05) is 88.4 Å². The fourth-order valence-electron chi connectivity index (χ4n) is 5.38. The molecule has 4 atom stereocenters. The molecular formula is C42H57N5O9. The van der Waals surface area contributed by atoms with E-state index >= 15 is 0 Å². The molecule has 0 radical (unpaired) electrons. The molecule has 0 unspecified atom stereocenters. The lowest BCUT2D eigenvalue weighted by Gasteiger charge is -2.28. The minimum atomic E-state index is -1.38. The predicted octanol–water partition coefficient (Wildman–Crippen LogP) is 3.71. The van der Waals surface area contributed by atoms with Gasteiger partial charge < -0.3 is 15.5 Å². The number of rotatable bonds is 20. The van der Waals surface area contributed by atoms with Crippen molar-refractivity contribution in [2.75, 3.05) is 0 Å². The summed E-state index contributed by atoms with van der Waals surface area (Å²) >= 11 is 0. The van der Waals surface area contributed by atoms with Crippen molar-refractivity contribution in [2.45, 2.75) is 117 Å². The molecule has 14 heteroatoms. The quantitative estimate of drug-likeness (QED) is 0.0971. The molecule has 2 aromatic carbocycles. The van der Waals surface area contributed by atoms with Gasteiger partial charge in [0.15, 0.2) is 0 Å². The third kappa shape index (κ3) is 13.9. The molecule has 0 saturated heterocycles. The maximum atomic E-state index is 14.1. The molecule has 0 saturated carbocycles. The van der Waals surface area contributed by atoms with E-state index in [4.69, 9.17) is 14.5 Å². The van der Waals surface area contributed by atoms with Crippen molar-refractivity contribution in [2.24, 2.45) is 11.8 Å². The maximum Gasteiger partial charge on any atom is 0.240 e. The van der Waals surface area contributed by atoms with Gasteiger partial charge in [0.1, 0.15) is 18.3 Å². The zero-order chi connectivity index (χ0) is 41.8. The first kappa shape index (κ1) is 45.4. The second kappa shape index (κ2) is 20.2. The number of amides is 2. The number of ketones is 4. The van der Waals surface area contributed by atoms with Gasteiger partial charge in [-0.2, -0.15) is 11.0 Å². The van der Waals surface area contributed by atoms with Crippen LogP contribution in [0.4, 0.5) is 0 Å². The molecule has 0 aliphatic carbocycles. The fourth-order valence-corrected chi connectivity index (χ4v) is 5.38. The van der Waals surface area contributed by atoms with Crippen LogP contribution in [-0.2, 0) is 56.1 Å². The summed E-state index contributed by atoms with van der Waals surface area (Å²) in [4.78, 5) is 100. The van der Waals surface area contributed by atoms with Crippen LogP contribution < -0.4 is 27.1 Å². The highest BCUT2D eigenvalue weighted by atomic mass is 16.7. The molecule has 14 nitrogen and oxygen atoms in total. The van der Waals surface area contributed by atoms with Gasteiger partial charge in [-0.25, -0.2) is 5.48 Å². The number of hydrogen-bond acceptors (Lipinski definition) is 12. The highest BCUT2D eigenvalue weighted by Gasteiger charge is 2.39. The van der Waals surface area contributed by atoms with Crippen LogP contribution in [0, 0.1) is 11.8 Å². The lowest BCUT2D eigenvalue weighted by molar-refractivity contribution is -0.142. The summed E-state index contributed by atoms with van der Waals surface area (Å²) in [6, 6.07) is 13.1. The van der Waals surface area contributed by atoms with Crippen molar-refractivity contribution in [3.63, 3.8) is 0 Å². The van der Waals surface area contributed by atoms with Gasteiger partial charge in [-0.05, 0) is 64.5 Å². The molecule has 2 amide bonds. The van der Waals surface area contributed by atoms with E-state index in [-0.39, 0.29) is 24.7 Å². The van der Waals surface area contributed by atoms with E-state index in [1.54, 1.807) is 88.4 Å². The third-order valence-corrected chi connectivity index (χ3v) is 8.39. The molecule has 0 bridgehead atoms. The number of hydrogen-bond donors (Lipinski definition) is 5. The van der Waals surface area contributed by atoms with E-state index in [1.165, 1.54) is 0 Å². The number of hydroxylamine groups is 3. The largest absolute Gasteiger partial charge is 0.390 e. The van der Waals surface area contributed by atoms with Gasteiger partial charge in [0.05, 0.1) is 34.4 Å². The summed E-state index contributed by atoms with van der Waals surface area (Å²) in [6.45, 7) is 18.0. The van der Waals surface area contributed by atoms with E-state index in [9.17, 15) is 28.8 Å². The normalized spacial score (nSPS) is 15.3. The van der Waals surface area contributed by atoms with Gasteiger partial charge >= 0.3 is 0 Å². The van der Waals surface area contributed by atoms with E-state index < -0.39 is 81.5 Å². The summed E-state index contributed by atoms with van der Waals surface area (Å²) in [7, 11) is 0. The Bertz CT molecular complexity index is 1630. The minimum Gasteiger partial charge on any atom is -0.390 e. The number of Topliss-reactive ketones (excluding diaryl/α,β-unsaturated/α-hetero) is 4.